The minimum atomic E-state index is 0.494. The van der Waals surface area contributed by atoms with E-state index in [4.69, 9.17) is 5.10 Å². The van der Waals surface area contributed by atoms with E-state index >= 15 is 0 Å². The highest BCUT2D eigenvalue weighted by Gasteiger charge is 2.19. The fourth-order valence-corrected chi connectivity index (χ4v) is 4.00. The van der Waals surface area contributed by atoms with E-state index in [-0.39, 0.29) is 0 Å². The molecule has 0 atom stereocenters. The molecule has 1 fully saturated rings. The first-order valence-corrected chi connectivity index (χ1v) is 8.93. The Morgan fingerprint density at radius 1 is 1.08 bits per heavy atom. The first-order valence-electron chi connectivity index (χ1n) is 8.93. The van der Waals surface area contributed by atoms with Crippen LogP contribution in [0.1, 0.15) is 24.6 Å². The molecule has 0 bridgehead atoms. The summed E-state index contributed by atoms with van der Waals surface area (Å²) in [5.41, 5.74) is 5.56. The number of hydrogen-bond donors (Lipinski definition) is 2. The molecule has 1 saturated heterocycles. The van der Waals surface area contributed by atoms with Crippen LogP contribution in [-0.4, -0.2) is 32.8 Å². The number of pyridine rings is 1. The molecule has 2 N–H and O–H groups in total. The van der Waals surface area contributed by atoms with E-state index in [1.807, 2.05) is 6.20 Å². The second kappa shape index (κ2) is 5.70. The van der Waals surface area contributed by atoms with Gasteiger partial charge in [0.15, 0.2) is 0 Å². The van der Waals surface area contributed by atoms with Gasteiger partial charge >= 0.3 is 0 Å². The van der Waals surface area contributed by atoms with Gasteiger partial charge in [0.05, 0.1) is 11.7 Å². The second-order valence-electron chi connectivity index (χ2n) is 6.84. The molecule has 0 radical (unpaired) electrons. The van der Waals surface area contributed by atoms with Crippen molar-refractivity contribution in [1.82, 2.24) is 25.1 Å². The van der Waals surface area contributed by atoms with E-state index in [1.54, 1.807) is 0 Å². The van der Waals surface area contributed by atoms with Crippen LogP contribution in [0.4, 0.5) is 0 Å². The number of benzene rings is 1. The minimum absolute atomic E-state index is 0.494. The van der Waals surface area contributed by atoms with Crippen molar-refractivity contribution >= 4 is 21.9 Å². The van der Waals surface area contributed by atoms with Gasteiger partial charge in [-0.05, 0) is 50.6 Å². The Balaban J connectivity index is 1.69. The highest BCUT2D eigenvalue weighted by atomic mass is 15.3. The minimum Gasteiger partial charge on any atom is -0.339 e. The summed E-state index contributed by atoms with van der Waals surface area (Å²) < 4.78 is 2.17. The van der Waals surface area contributed by atoms with E-state index < -0.39 is 0 Å². The Morgan fingerprint density at radius 2 is 1.92 bits per heavy atom. The van der Waals surface area contributed by atoms with E-state index in [2.05, 4.69) is 63.4 Å². The number of aromatic nitrogens is 4. The number of piperidine rings is 1. The predicted octanol–water partition coefficient (Wildman–Crippen LogP) is 3.81. The number of aromatic amines is 1. The largest absolute Gasteiger partial charge is 0.339 e. The van der Waals surface area contributed by atoms with Crippen molar-refractivity contribution in [3.63, 3.8) is 0 Å². The van der Waals surface area contributed by atoms with Gasteiger partial charge in [-0.3, -0.25) is 4.68 Å². The lowest BCUT2D eigenvalue weighted by atomic mass is 10.0. The monoisotopic (exact) mass is 331 g/mol. The third kappa shape index (κ3) is 2.35. The summed E-state index contributed by atoms with van der Waals surface area (Å²) >= 11 is 0. The van der Waals surface area contributed by atoms with E-state index in [0.717, 1.165) is 42.8 Å². The molecule has 5 nitrogen and oxygen atoms in total. The molecule has 5 heteroatoms. The van der Waals surface area contributed by atoms with Gasteiger partial charge < -0.3 is 10.3 Å². The molecule has 5 rings (SSSR count). The van der Waals surface area contributed by atoms with Crippen LogP contribution in [-0.2, 0) is 0 Å². The van der Waals surface area contributed by atoms with Gasteiger partial charge in [-0.15, -0.1) is 0 Å². The van der Waals surface area contributed by atoms with Crippen molar-refractivity contribution in [3.05, 3.63) is 48.4 Å². The van der Waals surface area contributed by atoms with Crippen molar-refractivity contribution in [3.8, 4) is 11.1 Å². The molecule has 0 saturated carbocycles. The van der Waals surface area contributed by atoms with Crippen molar-refractivity contribution in [2.75, 3.05) is 13.1 Å². The van der Waals surface area contributed by atoms with Crippen molar-refractivity contribution in [1.29, 1.82) is 0 Å². The van der Waals surface area contributed by atoms with Gasteiger partial charge in [-0.2, -0.15) is 5.10 Å². The molecule has 25 heavy (non-hydrogen) atoms. The third-order valence-electron chi connectivity index (χ3n) is 5.29. The molecule has 1 aliphatic heterocycles. The fraction of sp³-hybridized carbons (Fsp3) is 0.300. The molecule has 0 aliphatic carbocycles. The maximum Gasteiger partial charge on any atom is 0.138 e. The van der Waals surface area contributed by atoms with Crippen LogP contribution in [0.15, 0.2) is 42.7 Å². The van der Waals surface area contributed by atoms with Gasteiger partial charge in [0.1, 0.15) is 5.65 Å². The highest BCUT2D eigenvalue weighted by molar-refractivity contribution is 6.12. The first-order chi connectivity index (χ1) is 12.3. The zero-order chi connectivity index (χ0) is 16.8. The molecular formula is C20H21N5. The molecule has 3 aromatic heterocycles. The number of nitrogens with one attached hydrogen (secondary N) is 2. The first kappa shape index (κ1) is 14.7. The fourth-order valence-electron chi connectivity index (χ4n) is 4.00. The Labute approximate surface area is 146 Å². The van der Waals surface area contributed by atoms with Crippen LogP contribution in [0, 0.1) is 6.92 Å². The van der Waals surface area contributed by atoms with Crippen LogP contribution in [0.25, 0.3) is 33.1 Å². The SMILES string of the molecule is Cc1nn(C2CCNCC2)cc1-c1ccnc2[nH]c3ccccc3c12. The van der Waals surface area contributed by atoms with Gasteiger partial charge in [0, 0.05) is 34.2 Å². The molecule has 4 aromatic rings. The van der Waals surface area contributed by atoms with Gasteiger partial charge in [-0.1, -0.05) is 18.2 Å². The molecule has 4 heterocycles. The number of para-hydroxylation sites is 1. The average Bonchev–Trinajstić information content (AvgIpc) is 3.23. The smallest absolute Gasteiger partial charge is 0.138 e. The zero-order valence-electron chi connectivity index (χ0n) is 14.3. The lowest BCUT2D eigenvalue weighted by Gasteiger charge is -2.22. The Kier molecular flexibility index (Phi) is 3.35. The quantitative estimate of drug-likeness (QED) is 0.587. The van der Waals surface area contributed by atoms with Crippen LogP contribution in [0.2, 0.25) is 0 Å². The zero-order valence-corrected chi connectivity index (χ0v) is 14.3. The molecular weight excluding hydrogens is 310 g/mol. The Bertz CT molecular complexity index is 1050. The Hall–Kier alpha value is -2.66. The lowest BCUT2D eigenvalue weighted by Crippen LogP contribution is -2.29. The summed E-state index contributed by atoms with van der Waals surface area (Å²) in [6.45, 7) is 4.25. The van der Waals surface area contributed by atoms with E-state index in [0.29, 0.717) is 6.04 Å². The van der Waals surface area contributed by atoms with Gasteiger partial charge in [-0.25, -0.2) is 4.98 Å². The molecule has 0 amide bonds. The van der Waals surface area contributed by atoms with Crippen LogP contribution in [0.5, 0.6) is 0 Å². The van der Waals surface area contributed by atoms with Crippen LogP contribution in [0.3, 0.4) is 0 Å². The normalized spacial score (nSPS) is 16.0. The van der Waals surface area contributed by atoms with E-state index in [1.165, 1.54) is 21.9 Å². The summed E-state index contributed by atoms with van der Waals surface area (Å²) in [6.07, 6.45) is 6.38. The summed E-state index contributed by atoms with van der Waals surface area (Å²) in [4.78, 5) is 7.97. The van der Waals surface area contributed by atoms with Crippen LogP contribution < -0.4 is 5.32 Å². The van der Waals surface area contributed by atoms with Crippen molar-refractivity contribution in [2.24, 2.45) is 0 Å². The Morgan fingerprint density at radius 3 is 2.80 bits per heavy atom. The number of H-pyrrole nitrogens is 1. The van der Waals surface area contributed by atoms with E-state index in [9.17, 15) is 0 Å². The lowest BCUT2D eigenvalue weighted by molar-refractivity contribution is 0.342. The number of hydrogen-bond acceptors (Lipinski definition) is 3. The number of rotatable bonds is 2. The summed E-state index contributed by atoms with van der Waals surface area (Å²) in [7, 11) is 0. The maximum absolute atomic E-state index is 4.84. The number of aryl methyl sites for hydroxylation is 1. The van der Waals surface area contributed by atoms with Crippen molar-refractivity contribution < 1.29 is 0 Å². The molecule has 126 valence electrons. The average molecular weight is 331 g/mol. The third-order valence-corrected chi connectivity index (χ3v) is 5.29. The molecule has 1 aromatic carbocycles. The van der Waals surface area contributed by atoms with Crippen LogP contribution >= 0.6 is 0 Å². The molecule has 1 aliphatic rings. The second-order valence-corrected chi connectivity index (χ2v) is 6.84. The van der Waals surface area contributed by atoms with Crippen molar-refractivity contribution in [2.45, 2.75) is 25.8 Å². The summed E-state index contributed by atoms with van der Waals surface area (Å²) in [5.74, 6) is 0. The topological polar surface area (TPSA) is 58.5 Å². The van der Waals surface area contributed by atoms with Gasteiger partial charge in [0.25, 0.3) is 0 Å². The summed E-state index contributed by atoms with van der Waals surface area (Å²) in [5, 5.41) is 10.7. The standard InChI is InChI=1S/C20H21N5/c1-13-17(12-25(24-13)14-6-9-21-10-7-14)15-8-11-22-20-19(15)16-4-2-3-5-18(16)23-20/h2-5,8,11-12,14,21H,6-7,9-10H2,1H3,(H,22,23). The highest BCUT2D eigenvalue weighted by Crippen LogP contribution is 2.35. The number of fused-ring (bicyclic) bond motifs is 3. The summed E-state index contributed by atoms with van der Waals surface area (Å²) in [6, 6.07) is 11.0. The maximum atomic E-state index is 4.84. The number of nitrogens with zero attached hydrogens (tertiary/aromatic N) is 3. The molecule has 0 unspecified atom stereocenters. The molecule has 0 spiro atoms. The predicted molar refractivity (Wildman–Crippen MR) is 101 cm³/mol. The van der Waals surface area contributed by atoms with Gasteiger partial charge in [0.2, 0.25) is 0 Å².